The van der Waals surface area contributed by atoms with Crippen LogP contribution in [0.5, 0.6) is 0 Å². The van der Waals surface area contributed by atoms with Crippen LogP contribution in [0.1, 0.15) is 16.0 Å². The van der Waals surface area contributed by atoms with Gasteiger partial charge in [0.1, 0.15) is 0 Å². The number of nitrogens with zero attached hydrogens (tertiary/aromatic N) is 1. The first-order valence-corrected chi connectivity index (χ1v) is 5.39. The molecular formula is C12H11NS. The number of benzene rings is 1. The summed E-state index contributed by atoms with van der Waals surface area (Å²) in [7, 11) is 0. The van der Waals surface area contributed by atoms with Gasteiger partial charge >= 0.3 is 0 Å². The summed E-state index contributed by atoms with van der Waals surface area (Å²) in [5.41, 5.74) is 2.37. The second kappa shape index (κ2) is 3.43. The highest BCUT2D eigenvalue weighted by Gasteiger charge is 2.03. The molecule has 1 nitrogen and oxygen atoms in total. The number of nitriles is 1. The molecule has 0 aliphatic rings. The summed E-state index contributed by atoms with van der Waals surface area (Å²) in [4.78, 5) is 1.33. The fraction of sp³-hybridized carbons (Fsp3) is 0.250. The molecule has 0 N–H and O–H groups in total. The highest BCUT2D eigenvalue weighted by Crippen LogP contribution is 2.27. The highest BCUT2D eigenvalue weighted by molar-refractivity contribution is 7.19. The van der Waals surface area contributed by atoms with Crippen LogP contribution in [0.4, 0.5) is 0 Å². The second-order valence-corrected chi connectivity index (χ2v) is 4.80. The van der Waals surface area contributed by atoms with E-state index in [9.17, 15) is 0 Å². The Morgan fingerprint density at radius 2 is 2.07 bits per heavy atom. The predicted octanol–water partition coefficient (Wildman–Crippen LogP) is 3.58. The van der Waals surface area contributed by atoms with E-state index in [0.29, 0.717) is 6.42 Å². The molecule has 1 heterocycles. The Balaban J connectivity index is 2.65. The first-order chi connectivity index (χ1) is 6.70. The lowest BCUT2D eigenvalue weighted by molar-refractivity contribution is 1.23. The van der Waals surface area contributed by atoms with Crippen LogP contribution in [0.15, 0.2) is 18.2 Å². The van der Waals surface area contributed by atoms with Gasteiger partial charge in [0.2, 0.25) is 0 Å². The molecule has 0 aliphatic heterocycles. The van der Waals surface area contributed by atoms with E-state index in [4.69, 9.17) is 5.26 Å². The van der Waals surface area contributed by atoms with Crippen LogP contribution in [0.3, 0.4) is 0 Å². The fourth-order valence-electron chi connectivity index (χ4n) is 1.65. The standard InChI is InChI=1S/C12H11NS/c1-8-5-11-6-9(2)14-12(11)7-10(8)3-4-13/h5-7H,3H2,1-2H3. The lowest BCUT2D eigenvalue weighted by Crippen LogP contribution is -1.85. The molecular weight excluding hydrogens is 190 g/mol. The molecule has 0 bridgehead atoms. The molecule has 0 radical (unpaired) electrons. The Bertz CT molecular complexity index is 517. The SMILES string of the molecule is Cc1cc2cc(C)c(CC#N)cc2s1. The Morgan fingerprint density at radius 3 is 2.79 bits per heavy atom. The van der Waals surface area contributed by atoms with Crippen molar-refractivity contribution in [1.82, 2.24) is 0 Å². The van der Waals surface area contributed by atoms with E-state index in [1.54, 1.807) is 11.3 Å². The van der Waals surface area contributed by atoms with Crippen molar-refractivity contribution < 1.29 is 0 Å². The molecule has 1 aromatic heterocycles. The summed E-state index contributed by atoms with van der Waals surface area (Å²) in [5, 5.41) is 9.97. The zero-order chi connectivity index (χ0) is 10.1. The molecule has 0 saturated heterocycles. The number of hydrogen-bond acceptors (Lipinski definition) is 2. The van der Waals surface area contributed by atoms with Crippen LogP contribution in [0.25, 0.3) is 10.1 Å². The Kier molecular flexibility index (Phi) is 2.26. The van der Waals surface area contributed by atoms with Crippen LogP contribution < -0.4 is 0 Å². The van der Waals surface area contributed by atoms with Crippen molar-refractivity contribution in [2.45, 2.75) is 20.3 Å². The third kappa shape index (κ3) is 1.51. The van der Waals surface area contributed by atoms with Crippen molar-refractivity contribution >= 4 is 21.4 Å². The maximum atomic E-state index is 8.67. The van der Waals surface area contributed by atoms with E-state index >= 15 is 0 Å². The van der Waals surface area contributed by atoms with E-state index < -0.39 is 0 Å². The summed E-state index contributed by atoms with van der Waals surface area (Å²) in [5.74, 6) is 0. The highest BCUT2D eigenvalue weighted by atomic mass is 32.1. The fourth-order valence-corrected chi connectivity index (χ4v) is 2.62. The Hall–Kier alpha value is -1.33. The molecule has 0 aliphatic carbocycles. The molecule has 0 amide bonds. The van der Waals surface area contributed by atoms with Crippen molar-refractivity contribution in [3.63, 3.8) is 0 Å². The Morgan fingerprint density at radius 1 is 1.29 bits per heavy atom. The molecule has 70 valence electrons. The van der Waals surface area contributed by atoms with Gasteiger partial charge in [0.05, 0.1) is 12.5 Å². The van der Waals surface area contributed by atoms with Crippen LogP contribution in [0, 0.1) is 25.2 Å². The number of thiophene rings is 1. The maximum absolute atomic E-state index is 8.67. The smallest absolute Gasteiger partial charge is 0.0669 e. The van der Waals surface area contributed by atoms with Crippen LogP contribution in [0.2, 0.25) is 0 Å². The first kappa shape index (κ1) is 9.23. The van der Waals surface area contributed by atoms with E-state index in [0.717, 1.165) is 5.56 Å². The van der Waals surface area contributed by atoms with E-state index in [-0.39, 0.29) is 0 Å². The van der Waals surface area contributed by atoms with Crippen LogP contribution >= 0.6 is 11.3 Å². The van der Waals surface area contributed by atoms with E-state index in [1.807, 2.05) is 0 Å². The molecule has 14 heavy (non-hydrogen) atoms. The lowest BCUT2D eigenvalue weighted by Gasteiger charge is -2.00. The summed E-state index contributed by atoms with van der Waals surface area (Å²) >= 11 is 1.79. The predicted molar refractivity (Wildman–Crippen MR) is 60.6 cm³/mol. The average Bonchev–Trinajstić information content (AvgIpc) is 2.45. The van der Waals surface area contributed by atoms with E-state index in [1.165, 1.54) is 20.5 Å². The van der Waals surface area contributed by atoms with Crippen molar-refractivity contribution in [1.29, 1.82) is 5.26 Å². The third-order valence-electron chi connectivity index (χ3n) is 2.37. The second-order valence-electron chi connectivity index (χ2n) is 3.51. The molecule has 0 unspecified atom stereocenters. The van der Waals surface area contributed by atoms with Gasteiger partial charge in [-0.05, 0) is 42.5 Å². The van der Waals surface area contributed by atoms with Gasteiger partial charge in [-0.1, -0.05) is 6.07 Å². The summed E-state index contributed by atoms with van der Waals surface area (Å²) < 4.78 is 1.29. The zero-order valence-corrected chi connectivity index (χ0v) is 9.11. The minimum Gasteiger partial charge on any atom is -0.198 e. The number of hydrogen-bond donors (Lipinski definition) is 0. The molecule has 2 heteroatoms. The van der Waals surface area contributed by atoms with Gasteiger partial charge in [-0.2, -0.15) is 5.26 Å². The molecule has 0 spiro atoms. The molecule has 2 aromatic rings. The average molecular weight is 201 g/mol. The van der Waals surface area contributed by atoms with Gasteiger partial charge in [-0.15, -0.1) is 11.3 Å². The number of rotatable bonds is 1. The van der Waals surface area contributed by atoms with Gasteiger partial charge in [0.25, 0.3) is 0 Å². The third-order valence-corrected chi connectivity index (χ3v) is 3.38. The minimum absolute atomic E-state index is 0.513. The zero-order valence-electron chi connectivity index (χ0n) is 8.29. The molecule has 1 aromatic carbocycles. The summed E-state index contributed by atoms with van der Waals surface area (Å²) in [6.45, 7) is 4.18. The van der Waals surface area contributed by atoms with Crippen LogP contribution in [-0.2, 0) is 6.42 Å². The number of fused-ring (bicyclic) bond motifs is 1. The normalized spacial score (nSPS) is 10.4. The molecule has 2 rings (SSSR count). The summed E-state index contributed by atoms with van der Waals surface area (Å²) in [6.07, 6.45) is 0.513. The largest absolute Gasteiger partial charge is 0.198 e. The first-order valence-electron chi connectivity index (χ1n) is 4.57. The van der Waals surface area contributed by atoms with Gasteiger partial charge in [-0.25, -0.2) is 0 Å². The monoisotopic (exact) mass is 201 g/mol. The van der Waals surface area contributed by atoms with Gasteiger partial charge < -0.3 is 0 Å². The van der Waals surface area contributed by atoms with Gasteiger partial charge in [-0.3, -0.25) is 0 Å². The maximum Gasteiger partial charge on any atom is 0.0669 e. The molecule has 0 atom stereocenters. The van der Waals surface area contributed by atoms with Gasteiger partial charge in [0.15, 0.2) is 0 Å². The summed E-state index contributed by atoms with van der Waals surface area (Å²) in [6, 6.07) is 8.72. The quantitative estimate of drug-likeness (QED) is 0.691. The van der Waals surface area contributed by atoms with Crippen molar-refractivity contribution in [3.05, 3.63) is 34.2 Å². The van der Waals surface area contributed by atoms with Crippen molar-refractivity contribution in [3.8, 4) is 6.07 Å². The topological polar surface area (TPSA) is 23.8 Å². The lowest BCUT2D eigenvalue weighted by atomic mass is 10.0. The van der Waals surface area contributed by atoms with Gasteiger partial charge in [0, 0.05) is 9.58 Å². The minimum atomic E-state index is 0.513. The number of aryl methyl sites for hydroxylation is 2. The Labute approximate surface area is 87.6 Å². The van der Waals surface area contributed by atoms with Crippen LogP contribution in [-0.4, -0.2) is 0 Å². The van der Waals surface area contributed by atoms with Crippen molar-refractivity contribution in [2.24, 2.45) is 0 Å². The van der Waals surface area contributed by atoms with Crippen molar-refractivity contribution in [2.75, 3.05) is 0 Å². The van der Waals surface area contributed by atoms with E-state index in [2.05, 4.69) is 38.1 Å². The molecule has 0 saturated carbocycles. The molecule has 0 fully saturated rings.